The molecule has 1 amide bonds. The zero-order valence-corrected chi connectivity index (χ0v) is 12.7. The standard InChI is InChI=1S/C14H19N3O2S/c1-9(2)14(3,8-15)17-12(18)11-7-16-13(20-11)10-5-4-6-19-10/h4-7,9H,8,15H2,1-3H3,(H,17,18). The largest absolute Gasteiger partial charge is 0.462 e. The average molecular weight is 293 g/mol. The van der Waals surface area contributed by atoms with Crippen LogP contribution in [0.4, 0.5) is 0 Å². The van der Waals surface area contributed by atoms with E-state index in [0.717, 1.165) is 0 Å². The van der Waals surface area contributed by atoms with Crippen LogP contribution in [0.2, 0.25) is 0 Å². The third-order valence-electron chi connectivity index (χ3n) is 3.56. The number of furan rings is 1. The molecule has 0 saturated heterocycles. The number of nitrogens with two attached hydrogens (primary N) is 1. The van der Waals surface area contributed by atoms with Gasteiger partial charge in [0.25, 0.3) is 5.91 Å². The number of rotatable bonds is 5. The van der Waals surface area contributed by atoms with E-state index in [1.807, 2.05) is 26.8 Å². The number of thiazole rings is 1. The number of amides is 1. The molecule has 20 heavy (non-hydrogen) atoms. The summed E-state index contributed by atoms with van der Waals surface area (Å²) in [6.45, 7) is 6.41. The van der Waals surface area contributed by atoms with Gasteiger partial charge >= 0.3 is 0 Å². The zero-order chi connectivity index (χ0) is 14.8. The molecular weight excluding hydrogens is 274 g/mol. The molecule has 0 aromatic carbocycles. The van der Waals surface area contributed by atoms with Gasteiger partial charge in [-0.15, -0.1) is 11.3 Å². The smallest absolute Gasteiger partial charge is 0.263 e. The van der Waals surface area contributed by atoms with E-state index >= 15 is 0 Å². The molecule has 2 aromatic rings. The second kappa shape index (κ2) is 5.76. The van der Waals surface area contributed by atoms with Crippen LogP contribution in [0.15, 0.2) is 29.0 Å². The lowest BCUT2D eigenvalue weighted by Crippen LogP contribution is -2.54. The molecule has 5 nitrogen and oxygen atoms in total. The molecule has 0 aliphatic rings. The second-order valence-corrected chi connectivity index (χ2v) is 6.27. The van der Waals surface area contributed by atoms with Gasteiger partial charge in [0.2, 0.25) is 0 Å². The van der Waals surface area contributed by atoms with E-state index in [0.29, 0.717) is 22.2 Å². The maximum Gasteiger partial charge on any atom is 0.263 e. The highest BCUT2D eigenvalue weighted by Gasteiger charge is 2.29. The van der Waals surface area contributed by atoms with Crippen LogP contribution < -0.4 is 11.1 Å². The number of aromatic nitrogens is 1. The van der Waals surface area contributed by atoms with Crippen molar-refractivity contribution < 1.29 is 9.21 Å². The summed E-state index contributed by atoms with van der Waals surface area (Å²) in [7, 11) is 0. The Morgan fingerprint density at radius 1 is 1.60 bits per heavy atom. The lowest BCUT2D eigenvalue weighted by atomic mass is 9.88. The van der Waals surface area contributed by atoms with E-state index in [1.54, 1.807) is 18.5 Å². The minimum Gasteiger partial charge on any atom is -0.462 e. The van der Waals surface area contributed by atoms with Crippen molar-refractivity contribution in [2.24, 2.45) is 11.7 Å². The Balaban J connectivity index is 2.14. The lowest BCUT2D eigenvalue weighted by Gasteiger charge is -2.33. The highest BCUT2D eigenvalue weighted by molar-refractivity contribution is 7.16. The third-order valence-corrected chi connectivity index (χ3v) is 4.57. The summed E-state index contributed by atoms with van der Waals surface area (Å²) in [6.07, 6.45) is 3.15. The highest BCUT2D eigenvalue weighted by atomic mass is 32.1. The number of hydrogen-bond acceptors (Lipinski definition) is 5. The first-order valence-corrected chi connectivity index (χ1v) is 7.30. The minimum atomic E-state index is -0.425. The Bertz CT molecular complexity index is 577. The SMILES string of the molecule is CC(C)C(C)(CN)NC(=O)c1cnc(-c2ccco2)s1. The predicted molar refractivity (Wildman–Crippen MR) is 79.6 cm³/mol. The summed E-state index contributed by atoms with van der Waals surface area (Å²) in [6, 6.07) is 3.61. The third kappa shape index (κ3) is 2.91. The fourth-order valence-electron chi connectivity index (χ4n) is 1.65. The Hall–Kier alpha value is -1.66. The summed E-state index contributed by atoms with van der Waals surface area (Å²) >= 11 is 1.30. The van der Waals surface area contributed by atoms with Crippen LogP contribution in [-0.2, 0) is 0 Å². The number of carbonyl (C=O) groups excluding carboxylic acids is 1. The van der Waals surface area contributed by atoms with Crippen LogP contribution in [-0.4, -0.2) is 23.0 Å². The molecule has 0 radical (unpaired) electrons. The second-order valence-electron chi connectivity index (χ2n) is 5.24. The number of carbonyl (C=O) groups is 1. The van der Waals surface area contributed by atoms with Gasteiger partial charge < -0.3 is 15.5 Å². The minimum absolute atomic E-state index is 0.151. The maximum absolute atomic E-state index is 12.3. The molecule has 0 aliphatic heterocycles. The molecule has 0 spiro atoms. The fourth-order valence-corrected chi connectivity index (χ4v) is 2.42. The summed E-state index contributed by atoms with van der Waals surface area (Å²) in [5.41, 5.74) is 5.35. The molecule has 2 rings (SSSR count). The molecule has 1 atom stereocenters. The van der Waals surface area contributed by atoms with Crippen LogP contribution in [0.1, 0.15) is 30.4 Å². The van der Waals surface area contributed by atoms with E-state index in [1.165, 1.54) is 11.3 Å². The predicted octanol–water partition coefficient (Wildman–Crippen LogP) is 2.51. The summed E-state index contributed by atoms with van der Waals surface area (Å²) in [5.74, 6) is 0.760. The van der Waals surface area contributed by atoms with Crippen molar-refractivity contribution >= 4 is 17.2 Å². The van der Waals surface area contributed by atoms with Gasteiger partial charge in [-0.05, 0) is 25.0 Å². The van der Waals surface area contributed by atoms with E-state index in [2.05, 4.69) is 10.3 Å². The van der Waals surface area contributed by atoms with E-state index in [9.17, 15) is 4.79 Å². The molecule has 0 saturated carbocycles. The molecule has 3 N–H and O–H groups in total. The van der Waals surface area contributed by atoms with Crippen molar-refractivity contribution in [2.45, 2.75) is 26.3 Å². The first-order chi connectivity index (χ1) is 9.46. The van der Waals surface area contributed by atoms with Gasteiger partial charge in [-0.2, -0.15) is 0 Å². The van der Waals surface area contributed by atoms with Crippen molar-refractivity contribution in [2.75, 3.05) is 6.54 Å². The van der Waals surface area contributed by atoms with E-state index < -0.39 is 5.54 Å². The molecule has 2 heterocycles. The van der Waals surface area contributed by atoms with Crippen molar-refractivity contribution in [3.8, 4) is 10.8 Å². The van der Waals surface area contributed by atoms with Crippen LogP contribution in [0.25, 0.3) is 10.8 Å². The van der Waals surface area contributed by atoms with Crippen molar-refractivity contribution in [1.29, 1.82) is 0 Å². The first-order valence-electron chi connectivity index (χ1n) is 6.48. The number of nitrogens with one attached hydrogen (secondary N) is 1. The Labute approximate surface area is 122 Å². The normalized spacial score (nSPS) is 14.2. The zero-order valence-electron chi connectivity index (χ0n) is 11.8. The molecule has 1 unspecified atom stereocenters. The van der Waals surface area contributed by atoms with Crippen LogP contribution in [0, 0.1) is 5.92 Å². The fraction of sp³-hybridized carbons (Fsp3) is 0.429. The summed E-state index contributed by atoms with van der Waals surface area (Å²) in [5, 5.41) is 3.69. The topological polar surface area (TPSA) is 81.1 Å². The van der Waals surface area contributed by atoms with Gasteiger partial charge in [-0.3, -0.25) is 4.79 Å². The maximum atomic E-state index is 12.3. The van der Waals surface area contributed by atoms with Crippen molar-refractivity contribution in [3.63, 3.8) is 0 Å². The van der Waals surface area contributed by atoms with Crippen LogP contribution in [0.5, 0.6) is 0 Å². The van der Waals surface area contributed by atoms with Crippen molar-refractivity contribution in [1.82, 2.24) is 10.3 Å². The molecule has 0 bridgehead atoms. The Kier molecular flexibility index (Phi) is 4.25. The molecular formula is C14H19N3O2S. The van der Waals surface area contributed by atoms with Gasteiger partial charge in [-0.25, -0.2) is 4.98 Å². The van der Waals surface area contributed by atoms with Gasteiger partial charge in [0.15, 0.2) is 10.8 Å². The molecule has 0 fully saturated rings. The summed E-state index contributed by atoms with van der Waals surface area (Å²) < 4.78 is 5.27. The van der Waals surface area contributed by atoms with E-state index in [4.69, 9.17) is 10.2 Å². The van der Waals surface area contributed by atoms with Gasteiger partial charge in [0.1, 0.15) is 4.88 Å². The van der Waals surface area contributed by atoms with Gasteiger partial charge in [0.05, 0.1) is 18.0 Å². The first kappa shape index (κ1) is 14.7. The molecule has 2 aromatic heterocycles. The Morgan fingerprint density at radius 3 is 2.90 bits per heavy atom. The molecule has 0 aliphatic carbocycles. The molecule has 108 valence electrons. The molecule has 6 heteroatoms. The Morgan fingerprint density at radius 2 is 2.35 bits per heavy atom. The van der Waals surface area contributed by atoms with Gasteiger partial charge in [-0.1, -0.05) is 13.8 Å². The lowest BCUT2D eigenvalue weighted by molar-refractivity contribution is 0.0887. The summed E-state index contributed by atoms with van der Waals surface area (Å²) in [4.78, 5) is 17.0. The monoisotopic (exact) mass is 293 g/mol. The quantitative estimate of drug-likeness (QED) is 0.887. The van der Waals surface area contributed by atoms with Crippen LogP contribution >= 0.6 is 11.3 Å². The van der Waals surface area contributed by atoms with Crippen molar-refractivity contribution in [3.05, 3.63) is 29.5 Å². The van der Waals surface area contributed by atoms with Crippen LogP contribution in [0.3, 0.4) is 0 Å². The van der Waals surface area contributed by atoms with E-state index in [-0.39, 0.29) is 11.8 Å². The number of hydrogen-bond donors (Lipinski definition) is 2. The highest BCUT2D eigenvalue weighted by Crippen LogP contribution is 2.26. The average Bonchev–Trinajstić information content (AvgIpc) is 3.08. The van der Waals surface area contributed by atoms with Gasteiger partial charge in [0, 0.05) is 6.54 Å². The number of nitrogens with zero attached hydrogens (tertiary/aromatic N) is 1.